The summed E-state index contributed by atoms with van der Waals surface area (Å²) in [5.74, 6) is 4.09. The van der Waals surface area contributed by atoms with E-state index in [0.717, 1.165) is 35.6 Å². The van der Waals surface area contributed by atoms with Gasteiger partial charge in [0.05, 0.1) is 16.5 Å². The van der Waals surface area contributed by atoms with Gasteiger partial charge in [0.15, 0.2) is 9.84 Å². The van der Waals surface area contributed by atoms with Crippen molar-refractivity contribution in [1.82, 2.24) is 9.97 Å². The van der Waals surface area contributed by atoms with Crippen molar-refractivity contribution >= 4 is 21.4 Å². The molecule has 0 saturated heterocycles. The smallest absolute Gasteiger partial charge is 0.213 e. The molecule has 34 heavy (non-hydrogen) atoms. The normalized spacial score (nSPS) is 26.0. The minimum absolute atomic E-state index is 0.223. The lowest BCUT2D eigenvalue weighted by Crippen LogP contribution is -2.13. The van der Waals surface area contributed by atoms with Crippen LogP contribution in [0.4, 0.5) is 0 Å². The van der Waals surface area contributed by atoms with Crippen molar-refractivity contribution in [2.75, 3.05) is 12.9 Å². The summed E-state index contributed by atoms with van der Waals surface area (Å²) >= 11 is 6.18. The molecule has 0 radical (unpaired) electrons. The molecule has 2 saturated carbocycles. The second kappa shape index (κ2) is 10.9. The number of hydrogen-bond donors (Lipinski definition) is 0. The molecule has 7 heteroatoms. The van der Waals surface area contributed by atoms with Crippen molar-refractivity contribution in [3.05, 3.63) is 46.9 Å². The van der Waals surface area contributed by atoms with Crippen LogP contribution in [-0.2, 0) is 16.3 Å². The second-order valence-corrected chi connectivity index (χ2v) is 12.7. The molecule has 2 heterocycles. The molecule has 2 aliphatic carbocycles. The third-order valence-electron chi connectivity index (χ3n) is 8.00. The van der Waals surface area contributed by atoms with Crippen LogP contribution in [0.15, 0.2) is 35.5 Å². The molecule has 2 aromatic heterocycles. The van der Waals surface area contributed by atoms with E-state index in [9.17, 15) is 8.42 Å². The first kappa shape index (κ1) is 25.4. The Labute approximate surface area is 209 Å². The average molecular weight is 505 g/mol. The highest BCUT2D eigenvalue weighted by Gasteiger charge is 2.43. The van der Waals surface area contributed by atoms with Crippen LogP contribution >= 0.6 is 11.6 Å². The highest BCUT2D eigenvalue weighted by Crippen LogP contribution is 2.51. The van der Waals surface area contributed by atoms with Crippen molar-refractivity contribution in [2.24, 2.45) is 23.7 Å². The first-order valence-corrected chi connectivity index (χ1v) is 15.0. The highest BCUT2D eigenvalue weighted by atomic mass is 35.5. The summed E-state index contributed by atoms with van der Waals surface area (Å²) < 4.78 is 28.9. The number of sulfone groups is 1. The number of hydrogen-bond acceptors (Lipinski definition) is 5. The van der Waals surface area contributed by atoms with Crippen LogP contribution in [0.1, 0.15) is 76.0 Å². The number of pyridine rings is 2. The number of rotatable bonds is 9. The molecule has 186 valence electrons. The molecule has 0 spiro atoms. The highest BCUT2D eigenvalue weighted by molar-refractivity contribution is 7.90. The van der Waals surface area contributed by atoms with Gasteiger partial charge in [0, 0.05) is 36.3 Å². The van der Waals surface area contributed by atoms with E-state index in [2.05, 4.69) is 24.9 Å². The lowest BCUT2D eigenvalue weighted by molar-refractivity contribution is 0.278. The molecule has 0 aromatic carbocycles. The van der Waals surface area contributed by atoms with Crippen molar-refractivity contribution in [3.63, 3.8) is 0 Å². The summed E-state index contributed by atoms with van der Waals surface area (Å²) in [7, 11) is -3.22. The van der Waals surface area contributed by atoms with Gasteiger partial charge in [0.25, 0.3) is 0 Å². The summed E-state index contributed by atoms with van der Waals surface area (Å²) in [5.41, 5.74) is 2.54. The summed E-state index contributed by atoms with van der Waals surface area (Å²) in [5, 5.41) is 0.735. The Bertz CT molecular complexity index is 1070. The Morgan fingerprint density at radius 2 is 1.97 bits per heavy atom. The zero-order chi connectivity index (χ0) is 24.3. The fourth-order valence-corrected chi connectivity index (χ4v) is 6.60. The van der Waals surface area contributed by atoms with E-state index in [1.54, 1.807) is 18.3 Å². The van der Waals surface area contributed by atoms with Crippen LogP contribution in [0, 0.1) is 23.7 Å². The largest absolute Gasteiger partial charge is 0.478 e. The van der Waals surface area contributed by atoms with Crippen LogP contribution < -0.4 is 4.74 Å². The maximum atomic E-state index is 11.5. The monoisotopic (exact) mass is 504 g/mol. The van der Waals surface area contributed by atoms with Crippen LogP contribution in [0.25, 0.3) is 0 Å². The molecule has 5 nitrogen and oxygen atoms in total. The van der Waals surface area contributed by atoms with Crippen molar-refractivity contribution in [2.45, 2.75) is 76.0 Å². The van der Waals surface area contributed by atoms with Gasteiger partial charge in [-0.05, 0) is 79.9 Å². The number of nitrogens with zero attached hydrogens (tertiary/aromatic N) is 2. The topological polar surface area (TPSA) is 69.2 Å². The SMILES string of the molecule is CCc1cc(Cl)cnc1C(C)C1CCCC(C2CC2CCOc2ccc(S(C)(=O)=O)cn2)CC1. The zero-order valence-electron chi connectivity index (χ0n) is 20.5. The molecule has 0 amide bonds. The first-order valence-electron chi connectivity index (χ1n) is 12.7. The van der Waals surface area contributed by atoms with Crippen LogP contribution in [-0.4, -0.2) is 31.2 Å². The van der Waals surface area contributed by atoms with Crippen molar-refractivity contribution < 1.29 is 13.2 Å². The molecule has 5 unspecified atom stereocenters. The molecule has 4 rings (SSSR count). The Morgan fingerprint density at radius 3 is 2.68 bits per heavy atom. The Kier molecular flexibility index (Phi) is 8.19. The maximum Gasteiger partial charge on any atom is 0.213 e. The third-order valence-corrected chi connectivity index (χ3v) is 9.31. The van der Waals surface area contributed by atoms with Crippen LogP contribution in [0.3, 0.4) is 0 Å². The molecule has 0 N–H and O–H groups in total. The summed E-state index contributed by atoms with van der Waals surface area (Å²) in [6.07, 6.45) is 14.3. The van der Waals surface area contributed by atoms with Crippen molar-refractivity contribution in [3.8, 4) is 5.88 Å². The van der Waals surface area contributed by atoms with E-state index < -0.39 is 9.84 Å². The molecular formula is C27H37ClN2O3S. The van der Waals surface area contributed by atoms with E-state index in [-0.39, 0.29) is 4.90 Å². The van der Waals surface area contributed by atoms with Crippen LogP contribution in [0.5, 0.6) is 5.88 Å². The van der Waals surface area contributed by atoms with Gasteiger partial charge in [-0.25, -0.2) is 13.4 Å². The minimum atomic E-state index is -3.22. The first-order chi connectivity index (χ1) is 16.3. The van der Waals surface area contributed by atoms with E-state index in [4.69, 9.17) is 21.3 Å². The fourth-order valence-electron chi connectivity index (χ4n) is 5.86. The van der Waals surface area contributed by atoms with Gasteiger partial charge in [-0.2, -0.15) is 0 Å². The number of ether oxygens (including phenoxy) is 1. The predicted molar refractivity (Wildman–Crippen MR) is 136 cm³/mol. The Balaban J connectivity index is 1.23. The quantitative estimate of drug-likeness (QED) is 0.364. The number of halogens is 1. The Hall–Kier alpha value is -1.66. The van der Waals surface area contributed by atoms with Crippen LogP contribution in [0.2, 0.25) is 5.02 Å². The van der Waals surface area contributed by atoms with Gasteiger partial charge in [-0.3, -0.25) is 4.98 Å². The molecule has 2 fully saturated rings. The Morgan fingerprint density at radius 1 is 1.15 bits per heavy atom. The summed E-state index contributed by atoms with van der Waals surface area (Å²) in [6.45, 7) is 5.18. The molecule has 0 aliphatic heterocycles. The van der Waals surface area contributed by atoms with Gasteiger partial charge in [-0.15, -0.1) is 0 Å². The summed E-state index contributed by atoms with van der Waals surface area (Å²) in [4.78, 5) is 9.09. The lowest BCUT2D eigenvalue weighted by Gasteiger charge is -2.24. The standard InChI is InChI=1S/C27H37ClN2O3S/c1-4-19-14-23(28)16-30-27(19)18(2)20-6-5-7-21(9-8-20)25-15-22(25)12-13-33-26-11-10-24(17-29-26)34(3,31)32/h10-11,14,16-18,20-22,25H,4-9,12-13,15H2,1-3H3. The number of aromatic nitrogens is 2. The fraction of sp³-hybridized carbons (Fsp3) is 0.630. The van der Waals surface area contributed by atoms with Gasteiger partial charge >= 0.3 is 0 Å². The van der Waals surface area contributed by atoms with E-state index >= 15 is 0 Å². The van der Waals surface area contributed by atoms with E-state index in [0.29, 0.717) is 24.3 Å². The molecule has 5 atom stereocenters. The minimum Gasteiger partial charge on any atom is -0.478 e. The average Bonchev–Trinajstić information content (AvgIpc) is 3.61. The molecular weight excluding hydrogens is 468 g/mol. The molecule has 0 bridgehead atoms. The van der Waals surface area contributed by atoms with Gasteiger partial charge < -0.3 is 4.74 Å². The molecule has 2 aromatic rings. The maximum absolute atomic E-state index is 11.5. The lowest BCUT2D eigenvalue weighted by atomic mass is 9.82. The molecule has 2 aliphatic rings. The predicted octanol–water partition coefficient (Wildman–Crippen LogP) is 6.50. The zero-order valence-corrected chi connectivity index (χ0v) is 22.1. The van der Waals surface area contributed by atoms with E-state index in [1.165, 1.54) is 62.2 Å². The van der Waals surface area contributed by atoms with Gasteiger partial charge in [0.1, 0.15) is 0 Å². The summed E-state index contributed by atoms with van der Waals surface area (Å²) in [6, 6.07) is 5.29. The number of aryl methyl sites for hydroxylation is 1. The van der Waals surface area contributed by atoms with Gasteiger partial charge in [-0.1, -0.05) is 38.3 Å². The van der Waals surface area contributed by atoms with Gasteiger partial charge in [0.2, 0.25) is 5.88 Å². The third kappa shape index (κ3) is 6.31. The van der Waals surface area contributed by atoms with Crippen molar-refractivity contribution in [1.29, 1.82) is 0 Å². The second-order valence-electron chi connectivity index (χ2n) is 10.3. The van der Waals surface area contributed by atoms with E-state index in [1.807, 2.05) is 0 Å².